The minimum Gasteiger partial charge on any atom is -0.508 e. The number of amides is 2. The number of aryl methyl sites for hydroxylation is 2. The molecule has 0 bridgehead atoms. The standard InChI is InChI=1S/C22H26N2O4/c1-15-6-7-20(16(2)12-15)28-14-21(26)24-10-8-18(9-11-24)23-22(27)17-4-3-5-19(25)13-17/h3-7,12-13,18,25H,8-11,14H2,1-2H3,(H,23,27). The number of benzene rings is 2. The summed E-state index contributed by atoms with van der Waals surface area (Å²) in [5.74, 6) is 0.542. The summed E-state index contributed by atoms with van der Waals surface area (Å²) in [6.07, 6.45) is 1.39. The molecule has 1 fully saturated rings. The third kappa shape index (κ3) is 5.03. The van der Waals surface area contributed by atoms with E-state index in [0.717, 1.165) is 16.9 Å². The summed E-state index contributed by atoms with van der Waals surface area (Å²) in [6, 6.07) is 12.2. The van der Waals surface area contributed by atoms with Crippen molar-refractivity contribution in [1.82, 2.24) is 10.2 Å². The van der Waals surface area contributed by atoms with E-state index in [1.54, 1.807) is 17.0 Å². The Morgan fingerprint density at radius 3 is 2.57 bits per heavy atom. The molecule has 148 valence electrons. The molecule has 2 N–H and O–H groups in total. The Balaban J connectivity index is 1.45. The highest BCUT2D eigenvalue weighted by Gasteiger charge is 2.24. The number of carbonyl (C=O) groups excluding carboxylic acids is 2. The van der Waals surface area contributed by atoms with Gasteiger partial charge >= 0.3 is 0 Å². The maximum absolute atomic E-state index is 12.4. The van der Waals surface area contributed by atoms with E-state index in [-0.39, 0.29) is 30.2 Å². The number of aromatic hydroxyl groups is 1. The predicted octanol–water partition coefficient (Wildman–Crippen LogP) is 2.81. The fourth-order valence-electron chi connectivity index (χ4n) is 3.38. The number of nitrogens with one attached hydrogen (secondary N) is 1. The van der Waals surface area contributed by atoms with E-state index >= 15 is 0 Å². The van der Waals surface area contributed by atoms with Crippen molar-refractivity contribution >= 4 is 11.8 Å². The Bertz CT molecular complexity index is 857. The van der Waals surface area contributed by atoms with Gasteiger partial charge in [0.1, 0.15) is 11.5 Å². The van der Waals surface area contributed by atoms with Crippen molar-refractivity contribution in [3.63, 3.8) is 0 Å². The van der Waals surface area contributed by atoms with Crippen LogP contribution in [0.25, 0.3) is 0 Å². The highest BCUT2D eigenvalue weighted by atomic mass is 16.5. The predicted molar refractivity (Wildman–Crippen MR) is 107 cm³/mol. The molecule has 3 rings (SSSR count). The Labute approximate surface area is 165 Å². The highest BCUT2D eigenvalue weighted by molar-refractivity contribution is 5.94. The summed E-state index contributed by atoms with van der Waals surface area (Å²) in [6.45, 7) is 5.17. The lowest BCUT2D eigenvalue weighted by molar-refractivity contribution is -0.134. The van der Waals surface area contributed by atoms with Crippen molar-refractivity contribution in [2.24, 2.45) is 0 Å². The molecule has 0 atom stereocenters. The van der Waals surface area contributed by atoms with Gasteiger partial charge in [0.25, 0.3) is 11.8 Å². The number of carbonyl (C=O) groups is 2. The van der Waals surface area contributed by atoms with E-state index in [1.165, 1.54) is 12.1 Å². The van der Waals surface area contributed by atoms with E-state index in [1.807, 2.05) is 32.0 Å². The van der Waals surface area contributed by atoms with Gasteiger partial charge in [-0.25, -0.2) is 0 Å². The molecule has 1 saturated heterocycles. The lowest BCUT2D eigenvalue weighted by Gasteiger charge is -2.32. The van der Waals surface area contributed by atoms with Crippen LogP contribution in [-0.2, 0) is 4.79 Å². The number of hydrogen-bond acceptors (Lipinski definition) is 4. The third-order valence-corrected chi connectivity index (χ3v) is 4.97. The van der Waals surface area contributed by atoms with Crippen molar-refractivity contribution in [3.05, 3.63) is 59.2 Å². The molecule has 0 radical (unpaired) electrons. The Kier molecular flexibility index (Phi) is 6.19. The first-order valence-electron chi connectivity index (χ1n) is 9.50. The van der Waals surface area contributed by atoms with Crippen LogP contribution >= 0.6 is 0 Å². The van der Waals surface area contributed by atoms with Gasteiger partial charge in [0, 0.05) is 24.7 Å². The van der Waals surface area contributed by atoms with Crippen LogP contribution < -0.4 is 10.1 Å². The zero-order chi connectivity index (χ0) is 20.1. The van der Waals surface area contributed by atoms with Gasteiger partial charge in [-0.15, -0.1) is 0 Å². The number of rotatable bonds is 5. The van der Waals surface area contributed by atoms with Crippen LogP contribution in [0.4, 0.5) is 0 Å². The van der Waals surface area contributed by atoms with Gasteiger partial charge in [0.2, 0.25) is 0 Å². The number of likely N-dealkylation sites (tertiary alicyclic amines) is 1. The summed E-state index contributed by atoms with van der Waals surface area (Å²) in [7, 11) is 0. The van der Waals surface area contributed by atoms with E-state index in [2.05, 4.69) is 5.32 Å². The maximum Gasteiger partial charge on any atom is 0.260 e. The second-order valence-electron chi connectivity index (χ2n) is 7.24. The smallest absolute Gasteiger partial charge is 0.260 e. The summed E-state index contributed by atoms with van der Waals surface area (Å²) >= 11 is 0. The highest BCUT2D eigenvalue weighted by Crippen LogP contribution is 2.19. The van der Waals surface area contributed by atoms with Gasteiger partial charge in [-0.2, -0.15) is 0 Å². The van der Waals surface area contributed by atoms with Crippen molar-refractivity contribution in [2.45, 2.75) is 32.7 Å². The lowest BCUT2D eigenvalue weighted by atomic mass is 10.0. The molecule has 28 heavy (non-hydrogen) atoms. The van der Waals surface area contributed by atoms with Crippen molar-refractivity contribution in [1.29, 1.82) is 0 Å². The van der Waals surface area contributed by atoms with E-state index in [9.17, 15) is 14.7 Å². The van der Waals surface area contributed by atoms with Crippen LogP contribution in [0, 0.1) is 13.8 Å². The maximum atomic E-state index is 12.4. The Morgan fingerprint density at radius 1 is 1.14 bits per heavy atom. The first-order valence-corrected chi connectivity index (χ1v) is 9.50. The fraction of sp³-hybridized carbons (Fsp3) is 0.364. The van der Waals surface area contributed by atoms with Crippen LogP contribution in [-0.4, -0.2) is 47.6 Å². The van der Waals surface area contributed by atoms with Crippen molar-refractivity contribution in [2.75, 3.05) is 19.7 Å². The van der Waals surface area contributed by atoms with Gasteiger partial charge in [0.15, 0.2) is 6.61 Å². The van der Waals surface area contributed by atoms with Crippen LogP contribution in [0.1, 0.15) is 34.3 Å². The molecule has 2 aromatic carbocycles. The average molecular weight is 382 g/mol. The molecule has 2 aromatic rings. The summed E-state index contributed by atoms with van der Waals surface area (Å²) in [4.78, 5) is 26.5. The topological polar surface area (TPSA) is 78.9 Å². The zero-order valence-corrected chi connectivity index (χ0v) is 16.3. The van der Waals surface area contributed by atoms with Crippen molar-refractivity contribution < 1.29 is 19.4 Å². The molecule has 6 nitrogen and oxygen atoms in total. The molecule has 0 unspecified atom stereocenters. The lowest BCUT2D eigenvalue weighted by Crippen LogP contribution is -2.47. The number of hydrogen-bond donors (Lipinski definition) is 2. The van der Waals surface area contributed by atoms with Crippen LogP contribution in [0.15, 0.2) is 42.5 Å². The van der Waals surface area contributed by atoms with E-state index in [4.69, 9.17) is 4.74 Å². The number of nitrogens with zero attached hydrogens (tertiary/aromatic N) is 1. The van der Waals surface area contributed by atoms with Gasteiger partial charge in [0.05, 0.1) is 0 Å². The largest absolute Gasteiger partial charge is 0.508 e. The minimum atomic E-state index is -0.209. The SMILES string of the molecule is Cc1ccc(OCC(=O)N2CCC(NC(=O)c3cccc(O)c3)CC2)c(C)c1. The Morgan fingerprint density at radius 2 is 1.89 bits per heavy atom. The number of phenolic OH excluding ortho intramolecular Hbond substituents is 1. The molecule has 6 heteroatoms. The second-order valence-corrected chi connectivity index (χ2v) is 7.24. The van der Waals surface area contributed by atoms with Crippen LogP contribution in [0.5, 0.6) is 11.5 Å². The first kappa shape index (κ1) is 19.7. The van der Waals surface area contributed by atoms with E-state index < -0.39 is 0 Å². The summed E-state index contributed by atoms with van der Waals surface area (Å²) in [5.41, 5.74) is 2.60. The molecule has 0 spiro atoms. The van der Waals surface area contributed by atoms with Gasteiger partial charge < -0.3 is 20.1 Å². The molecule has 0 aliphatic carbocycles. The monoisotopic (exact) mass is 382 g/mol. The minimum absolute atomic E-state index is 0.0131. The van der Waals surface area contributed by atoms with Crippen LogP contribution in [0.2, 0.25) is 0 Å². The third-order valence-electron chi connectivity index (χ3n) is 4.97. The zero-order valence-electron chi connectivity index (χ0n) is 16.3. The normalized spacial score (nSPS) is 14.6. The van der Waals surface area contributed by atoms with Gasteiger partial charge in [-0.1, -0.05) is 23.8 Å². The molecular formula is C22H26N2O4. The summed E-state index contributed by atoms with van der Waals surface area (Å²) in [5, 5.41) is 12.5. The first-order chi connectivity index (χ1) is 13.4. The second kappa shape index (κ2) is 8.78. The Hall–Kier alpha value is -3.02. The average Bonchev–Trinajstić information content (AvgIpc) is 2.67. The van der Waals surface area contributed by atoms with Crippen molar-refractivity contribution in [3.8, 4) is 11.5 Å². The van der Waals surface area contributed by atoms with Crippen LogP contribution in [0.3, 0.4) is 0 Å². The molecule has 1 heterocycles. The number of ether oxygens (including phenoxy) is 1. The summed E-state index contributed by atoms with van der Waals surface area (Å²) < 4.78 is 5.68. The number of piperidine rings is 1. The molecule has 0 saturated carbocycles. The fourth-order valence-corrected chi connectivity index (χ4v) is 3.38. The number of phenols is 1. The molecule has 1 aliphatic rings. The molecule has 0 aromatic heterocycles. The molecule has 1 aliphatic heterocycles. The quantitative estimate of drug-likeness (QED) is 0.834. The molecule has 2 amide bonds. The van der Waals surface area contributed by atoms with Gasteiger partial charge in [-0.05, 0) is 56.5 Å². The van der Waals surface area contributed by atoms with Gasteiger partial charge in [-0.3, -0.25) is 9.59 Å². The molecular weight excluding hydrogens is 356 g/mol. The van der Waals surface area contributed by atoms with E-state index in [0.29, 0.717) is 31.5 Å².